The molecule has 0 saturated heterocycles. The molecule has 218 valence electrons. The van der Waals surface area contributed by atoms with Gasteiger partial charge in [0.25, 0.3) is 0 Å². The largest absolute Gasteiger partial charge is 0.490 e. The van der Waals surface area contributed by atoms with Crippen molar-refractivity contribution in [1.29, 1.82) is 0 Å². The van der Waals surface area contributed by atoms with Gasteiger partial charge in [0.2, 0.25) is 31.5 Å². The lowest BCUT2D eigenvalue weighted by Crippen LogP contribution is -2.35. The Bertz CT molecular complexity index is 2200. The zero-order chi connectivity index (χ0) is 29.8. The minimum Gasteiger partial charge on any atom is -0.490 e. The van der Waals surface area contributed by atoms with Crippen LogP contribution in [0.3, 0.4) is 0 Å². The SMILES string of the molecule is COc1c2occc2c(S(=O)(=O)NCCNS(=O)(=O)c2c3ccoc3c(OC)c3oc(=O)ccc23)c2ccc(=O)oc12. The first kappa shape index (κ1) is 27.5. The Hall–Kier alpha value is -4.64. The van der Waals surface area contributed by atoms with Crippen LogP contribution in [0.5, 0.6) is 11.5 Å². The molecule has 0 fully saturated rings. The predicted molar refractivity (Wildman–Crippen MR) is 148 cm³/mol. The van der Waals surface area contributed by atoms with Crippen LogP contribution < -0.4 is 30.2 Å². The molecule has 0 atom stereocenters. The lowest BCUT2D eigenvalue weighted by atomic mass is 10.1. The molecule has 4 aromatic heterocycles. The summed E-state index contributed by atoms with van der Waals surface area (Å²) < 4.78 is 90.7. The normalized spacial score (nSPS) is 12.5. The van der Waals surface area contributed by atoms with Crippen molar-refractivity contribution >= 4 is 63.9 Å². The van der Waals surface area contributed by atoms with Gasteiger partial charge in [-0.1, -0.05) is 0 Å². The van der Waals surface area contributed by atoms with Gasteiger partial charge in [0.15, 0.2) is 22.3 Å². The Morgan fingerprint density at radius 2 is 0.976 bits per heavy atom. The minimum absolute atomic E-state index is 0.0440. The average Bonchev–Trinajstić information content (AvgIpc) is 3.62. The summed E-state index contributed by atoms with van der Waals surface area (Å²) in [6.45, 7) is -0.744. The van der Waals surface area contributed by atoms with Gasteiger partial charge in [-0.25, -0.2) is 35.9 Å². The molecule has 0 amide bonds. The number of benzene rings is 2. The maximum Gasteiger partial charge on any atom is 0.336 e. The standard InChI is InChI=1S/C26H20N2O12S2/c1-35-23-19-15(7-11-37-19)25(13-3-5-17(29)39-21(13)23)41(31,32)27-9-10-28-42(33,34)26-14-4-6-18(30)40-22(14)24(36-2)20-16(26)8-12-38-20/h3-8,11-12,27-28H,9-10H2,1-2H3. The second kappa shape index (κ2) is 10.0. The fourth-order valence-electron chi connectivity index (χ4n) is 4.82. The van der Waals surface area contributed by atoms with E-state index >= 15 is 0 Å². The summed E-state index contributed by atoms with van der Waals surface area (Å²) in [5, 5.41) is 0.439. The van der Waals surface area contributed by atoms with E-state index in [1.807, 2.05) is 0 Å². The smallest absolute Gasteiger partial charge is 0.336 e. The lowest BCUT2D eigenvalue weighted by Gasteiger charge is -2.14. The summed E-state index contributed by atoms with van der Waals surface area (Å²) in [6, 6.07) is 7.55. The van der Waals surface area contributed by atoms with E-state index in [9.17, 15) is 26.4 Å². The molecular formula is C26H20N2O12S2. The fraction of sp³-hybridized carbons (Fsp3) is 0.154. The molecule has 0 saturated carbocycles. The van der Waals surface area contributed by atoms with Crippen LogP contribution in [0.15, 0.2) is 86.0 Å². The van der Waals surface area contributed by atoms with E-state index in [0.717, 1.165) is 12.1 Å². The fourth-order valence-corrected chi connectivity index (χ4v) is 7.65. The maximum absolute atomic E-state index is 13.5. The van der Waals surface area contributed by atoms with Crippen LogP contribution in [0, 0.1) is 0 Å². The van der Waals surface area contributed by atoms with Crippen LogP contribution in [0.2, 0.25) is 0 Å². The van der Waals surface area contributed by atoms with E-state index < -0.39 is 31.3 Å². The average molecular weight is 617 g/mol. The zero-order valence-corrected chi connectivity index (χ0v) is 23.4. The molecule has 6 aromatic rings. The van der Waals surface area contributed by atoms with E-state index in [1.54, 1.807) is 0 Å². The number of methoxy groups -OCH3 is 2. The molecule has 4 heterocycles. The van der Waals surface area contributed by atoms with Crippen LogP contribution in [0.4, 0.5) is 0 Å². The van der Waals surface area contributed by atoms with Crippen LogP contribution >= 0.6 is 0 Å². The van der Waals surface area contributed by atoms with Crippen LogP contribution in [-0.4, -0.2) is 44.1 Å². The number of fused-ring (bicyclic) bond motifs is 4. The molecule has 2 N–H and O–H groups in total. The Morgan fingerprint density at radius 1 is 0.595 bits per heavy atom. The highest BCUT2D eigenvalue weighted by Gasteiger charge is 2.29. The van der Waals surface area contributed by atoms with Gasteiger partial charge in [0.05, 0.1) is 26.7 Å². The first-order chi connectivity index (χ1) is 20.1. The Morgan fingerprint density at radius 3 is 1.36 bits per heavy atom. The van der Waals surface area contributed by atoms with E-state index in [1.165, 1.54) is 51.0 Å². The summed E-state index contributed by atoms with van der Waals surface area (Å²) in [7, 11) is -6.01. The molecular weight excluding hydrogens is 596 g/mol. The Kier molecular flexibility index (Phi) is 6.57. The van der Waals surface area contributed by atoms with Crippen LogP contribution in [0.1, 0.15) is 0 Å². The van der Waals surface area contributed by atoms with E-state index in [-0.39, 0.29) is 78.3 Å². The number of sulfonamides is 2. The Balaban J connectivity index is 1.33. The highest BCUT2D eigenvalue weighted by atomic mass is 32.2. The summed E-state index contributed by atoms with van der Waals surface area (Å²) >= 11 is 0. The number of ether oxygens (including phenoxy) is 2. The molecule has 0 bridgehead atoms. The second-order valence-electron chi connectivity index (χ2n) is 8.84. The van der Waals surface area contributed by atoms with Crippen molar-refractivity contribution < 1.29 is 44.0 Å². The number of hydrogen-bond donors (Lipinski definition) is 2. The predicted octanol–water partition coefficient (Wildman–Crippen LogP) is 2.67. The molecule has 16 heteroatoms. The molecule has 42 heavy (non-hydrogen) atoms. The van der Waals surface area contributed by atoms with Gasteiger partial charge in [-0.2, -0.15) is 0 Å². The number of rotatable bonds is 9. The van der Waals surface area contributed by atoms with E-state index in [4.69, 9.17) is 27.1 Å². The van der Waals surface area contributed by atoms with Crippen molar-refractivity contribution in [2.24, 2.45) is 0 Å². The summed E-state index contributed by atoms with van der Waals surface area (Å²) in [5.41, 5.74) is -1.62. The van der Waals surface area contributed by atoms with Crippen molar-refractivity contribution in [3.8, 4) is 11.5 Å². The topological polar surface area (TPSA) is 197 Å². The van der Waals surface area contributed by atoms with Crippen molar-refractivity contribution in [3.05, 3.63) is 69.8 Å². The Labute approximate surface area is 235 Å². The van der Waals surface area contributed by atoms with Crippen molar-refractivity contribution in [1.82, 2.24) is 9.44 Å². The number of hydrogen-bond acceptors (Lipinski definition) is 12. The number of furan rings is 2. The van der Waals surface area contributed by atoms with E-state index in [0.29, 0.717) is 0 Å². The summed E-state index contributed by atoms with van der Waals surface area (Å²) in [5.74, 6) is 0.0880. The minimum atomic E-state index is -4.32. The molecule has 2 aromatic carbocycles. The molecule has 14 nitrogen and oxygen atoms in total. The third-order valence-corrected chi connectivity index (χ3v) is 9.58. The van der Waals surface area contributed by atoms with E-state index in [2.05, 4.69) is 9.44 Å². The molecule has 0 spiro atoms. The highest BCUT2D eigenvalue weighted by molar-refractivity contribution is 7.90. The van der Waals surface area contributed by atoms with Gasteiger partial charge >= 0.3 is 11.3 Å². The van der Waals surface area contributed by atoms with Gasteiger partial charge in [-0.05, 0) is 24.3 Å². The summed E-state index contributed by atoms with van der Waals surface area (Å²) in [4.78, 5) is 23.3. The van der Waals surface area contributed by atoms with Gasteiger partial charge in [-0.15, -0.1) is 0 Å². The zero-order valence-electron chi connectivity index (χ0n) is 21.7. The van der Waals surface area contributed by atoms with Gasteiger partial charge in [-0.3, -0.25) is 0 Å². The van der Waals surface area contributed by atoms with Crippen molar-refractivity contribution in [3.63, 3.8) is 0 Å². The van der Waals surface area contributed by atoms with Crippen molar-refractivity contribution in [2.45, 2.75) is 9.79 Å². The number of nitrogens with one attached hydrogen (secondary N) is 2. The molecule has 0 unspecified atom stereocenters. The third-order valence-electron chi connectivity index (χ3n) is 6.46. The highest BCUT2D eigenvalue weighted by Crippen LogP contribution is 2.41. The van der Waals surface area contributed by atoms with Crippen molar-refractivity contribution in [2.75, 3.05) is 27.3 Å². The quantitative estimate of drug-likeness (QED) is 0.178. The van der Waals surface area contributed by atoms with Crippen LogP contribution in [-0.2, 0) is 20.0 Å². The lowest BCUT2D eigenvalue weighted by molar-refractivity contribution is 0.402. The molecule has 6 rings (SSSR count). The molecule has 0 aliphatic heterocycles. The monoisotopic (exact) mass is 616 g/mol. The molecule has 0 radical (unpaired) electrons. The second-order valence-corrected chi connectivity index (χ2v) is 12.2. The molecule has 0 aliphatic rings. The molecule has 0 aliphatic carbocycles. The third kappa shape index (κ3) is 4.32. The van der Waals surface area contributed by atoms with Gasteiger partial charge in [0, 0.05) is 46.8 Å². The van der Waals surface area contributed by atoms with Gasteiger partial charge < -0.3 is 27.1 Å². The maximum atomic E-state index is 13.5. The summed E-state index contributed by atoms with van der Waals surface area (Å²) in [6.07, 6.45) is 2.52. The first-order valence-corrected chi connectivity index (χ1v) is 15.1. The van der Waals surface area contributed by atoms with Gasteiger partial charge in [0.1, 0.15) is 9.79 Å². The van der Waals surface area contributed by atoms with Crippen LogP contribution in [0.25, 0.3) is 43.9 Å². The first-order valence-electron chi connectivity index (χ1n) is 12.1.